The van der Waals surface area contributed by atoms with E-state index in [4.69, 9.17) is 0 Å². The maximum absolute atomic E-state index is 2.52. The first-order valence-corrected chi connectivity index (χ1v) is 18.2. The Morgan fingerprint density at radius 1 is 0.347 bits per heavy atom. The molecule has 0 bridgehead atoms. The minimum absolute atomic E-state index is 1.15. The third-order valence-corrected chi connectivity index (χ3v) is 12.0. The molecule has 0 aliphatic rings. The SMILES string of the molecule is c1ccc(N(c2ccccc2-c2cccc3c2sc2ccccc23)c2cccc3sc4ccccc4c23)c(-c2ccc3ccccc3c2)c1. The highest BCUT2D eigenvalue weighted by molar-refractivity contribution is 7.26. The zero-order valence-corrected chi connectivity index (χ0v) is 28.1. The Morgan fingerprint density at radius 3 is 1.78 bits per heavy atom. The molecule has 49 heavy (non-hydrogen) atoms. The molecule has 10 aromatic rings. The van der Waals surface area contributed by atoms with E-state index in [0.29, 0.717) is 0 Å². The van der Waals surface area contributed by atoms with Gasteiger partial charge in [-0.05, 0) is 58.8 Å². The van der Waals surface area contributed by atoms with Crippen molar-refractivity contribution in [2.24, 2.45) is 0 Å². The molecule has 0 amide bonds. The highest BCUT2D eigenvalue weighted by Crippen LogP contribution is 2.51. The minimum Gasteiger partial charge on any atom is -0.309 e. The van der Waals surface area contributed by atoms with Crippen LogP contribution in [-0.4, -0.2) is 0 Å². The summed E-state index contributed by atoms with van der Waals surface area (Å²) in [5.41, 5.74) is 8.35. The van der Waals surface area contributed by atoms with Crippen LogP contribution in [0.2, 0.25) is 0 Å². The summed E-state index contributed by atoms with van der Waals surface area (Å²) in [6.45, 7) is 0. The number of benzene rings is 8. The van der Waals surface area contributed by atoms with Crippen LogP contribution < -0.4 is 4.90 Å². The first-order chi connectivity index (χ1) is 24.3. The van der Waals surface area contributed by atoms with E-state index in [9.17, 15) is 0 Å². The van der Waals surface area contributed by atoms with Gasteiger partial charge in [-0.2, -0.15) is 0 Å². The van der Waals surface area contributed by atoms with Gasteiger partial charge in [0.05, 0.1) is 17.1 Å². The molecule has 0 aliphatic heterocycles. The average Bonchev–Trinajstić information content (AvgIpc) is 3.74. The van der Waals surface area contributed by atoms with Gasteiger partial charge in [0.2, 0.25) is 0 Å². The molecule has 10 rings (SSSR count). The van der Waals surface area contributed by atoms with Crippen molar-refractivity contribution in [3.8, 4) is 22.3 Å². The Hall–Kier alpha value is -5.74. The van der Waals surface area contributed by atoms with Gasteiger partial charge in [0.1, 0.15) is 0 Å². The summed E-state index contributed by atoms with van der Waals surface area (Å²) in [6.07, 6.45) is 0. The maximum atomic E-state index is 2.52. The van der Waals surface area contributed by atoms with E-state index in [2.05, 4.69) is 181 Å². The van der Waals surface area contributed by atoms with E-state index in [1.807, 2.05) is 22.7 Å². The van der Waals surface area contributed by atoms with Crippen molar-refractivity contribution >= 4 is 90.9 Å². The van der Waals surface area contributed by atoms with Gasteiger partial charge in [-0.25, -0.2) is 0 Å². The lowest BCUT2D eigenvalue weighted by Crippen LogP contribution is -2.12. The Balaban J connectivity index is 1.29. The number of fused-ring (bicyclic) bond motifs is 7. The van der Waals surface area contributed by atoms with E-state index in [1.165, 1.54) is 79.1 Å². The Kier molecular flexibility index (Phi) is 6.61. The lowest BCUT2D eigenvalue weighted by molar-refractivity contribution is 1.30. The van der Waals surface area contributed by atoms with Crippen LogP contribution in [0.5, 0.6) is 0 Å². The van der Waals surface area contributed by atoms with Crippen molar-refractivity contribution in [3.05, 3.63) is 176 Å². The molecule has 0 saturated heterocycles. The van der Waals surface area contributed by atoms with Crippen LogP contribution in [-0.2, 0) is 0 Å². The van der Waals surface area contributed by atoms with Gasteiger partial charge < -0.3 is 4.90 Å². The predicted molar refractivity (Wildman–Crippen MR) is 215 cm³/mol. The topological polar surface area (TPSA) is 3.24 Å². The van der Waals surface area contributed by atoms with Crippen molar-refractivity contribution in [1.82, 2.24) is 0 Å². The van der Waals surface area contributed by atoms with Crippen molar-refractivity contribution in [3.63, 3.8) is 0 Å². The van der Waals surface area contributed by atoms with Crippen LogP contribution in [0.4, 0.5) is 17.1 Å². The molecular formula is C46H29NS2. The third-order valence-electron chi connectivity index (χ3n) is 9.67. The summed E-state index contributed by atoms with van der Waals surface area (Å²) in [5, 5.41) is 7.68. The summed E-state index contributed by atoms with van der Waals surface area (Å²) in [5.74, 6) is 0. The Labute approximate surface area is 292 Å². The molecule has 0 spiro atoms. The maximum Gasteiger partial charge on any atom is 0.0555 e. The number of nitrogens with zero attached hydrogens (tertiary/aromatic N) is 1. The highest BCUT2D eigenvalue weighted by Gasteiger charge is 2.24. The highest BCUT2D eigenvalue weighted by atomic mass is 32.1. The van der Waals surface area contributed by atoms with Gasteiger partial charge in [-0.15, -0.1) is 22.7 Å². The van der Waals surface area contributed by atoms with Crippen LogP contribution in [0.15, 0.2) is 176 Å². The summed E-state index contributed by atoms with van der Waals surface area (Å²) in [4.78, 5) is 2.52. The van der Waals surface area contributed by atoms with E-state index >= 15 is 0 Å². The first kappa shape index (κ1) is 28.3. The van der Waals surface area contributed by atoms with Gasteiger partial charge in [0.25, 0.3) is 0 Å². The normalized spacial score (nSPS) is 11.7. The molecular weight excluding hydrogens is 631 g/mol. The summed E-state index contributed by atoms with van der Waals surface area (Å²) < 4.78 is 5.22. The Bertz CT molecular complexity index is 2860. The Morgan fingerprint density at radius 2 is 0.918 bits per heavy atom. The van der Waals surface area contributed by atoms with Crippen molar-refractivity contribution in [1.29, 1.82) is 0 Å². The number of hydrogen-bond donors (Lipinski definition) is 0. The van der Waals surface area contributed by atoms with Crippen LogP contribution in [0.1, 0.15) is 0 Å². The zero-order chi connectivity index (χ0) is 32.3. The average molecular weight is 660 g/mol. The van der Waals surface area contributed by atoms with Gasteiger partial charge >= 0.3 is 0 Å². The van der Waals surface area contributed by atoms with Gasteiger partial charge in [-0.3, -0.25) is 0 Å². The number of rotatable bonds is 5. The summed E-state index contributed by atoms with van der Waals surface area (Å²) in [7, 11) is 0. The lowest BCUT2D eigenvalue weighted by atomic mass is 9.96. The number of para-hydroxylation sites is 2. The standard InChI is InChI=1S/C46H29NS2/c1-2-14-31-29-32(28-27-30(31)13-1)33-15-3-7-21-39(33)47(41-23-12-26-44-45(41)38-18-6-10-25-43(38)48-44)40-22-8-4-16-34(40)36-19-11-20-37-35-17-5-9-24-42(35)49-46(36)37/h1-29H. The molecule has 0 radical (unpaired) electrons. The van der Waals surface area contributed by atoms with E-state index in [-0.39, 0.29) is 0 Å². The molecule has 8 aromatic carbocycles. The molecule has 0 fully saturated rings. The van der Waals surface area contributed by atoms with Crippen molar-refractivity contribution in [2.45, 2.75) is 0 Å². The van der Waals surface area contributed by atoms with Crippen molar-refractivity contribution in [2.75, 3.05) is 4.90 Å². The molecule has 2 heterocycles. The predicted octanol–water partition coefficient (Wildman–Crippen LogP) is 14.4. The lowest BCUT2D eigenvalue weighted by Gasteiger charge is -2.30. The third kappa shape index (κ3) is 4.58. The minimum atomic E-state index is 1.15. The quantitative estimate of drug-likeness (QED) is 0.178. The van der Waals surface area contributed by atoms with Crippen LogP contribution in [0, 0.1) is 0 Å². The monoisotopic (exact) mass is 659 g/mol. The fourth-order valence-electron chi connectivity index (χ4n) is 7.46. The van der Waals surface area contributed by atoms with Crippen LogP contribution in [0.25, 0.3) is 73.4 Å². The van der Waals surface area contributed by atoms with Gasteiger partial charge in [0.15, 0.2) is 0 Å². The van der Waals surface area contributed by atoms with Crippen LogP contribution in [0.3, 0.4) is 0 Å². The molecule has 0 unspecified atom stereocenters. The molecule has 0 N–H and O–H groups in total. The number of hydrogen-bond acceptors (Lipinski definition) is 3. The molecule has 0 atom stereocenters. The first-order valence-electron chi connectivity index (χ1n) is 16.6. The van der Waals surface area contributed by atoms with E-state index < -0.39 is 0 Å². The molecule has 230 valence electrons. The summed E-state index contributed by atoms with van der Waals surface area (Å²) >= 11 is 3.75. The molecule has 1 nitrogen and oxygen atoms in total. The fourth-order valence-corrected chi connectivity index (χ4v) is 9.81. The summed E-state index contributed by atoms with van der Waals surface area (Å²) in [6, 6.07) is 64.5. The van der Waals surface area contributed by atoms with Gasteiger partial charge in [-0.1, -0.05) is 133 Å². The smallest absolute Gasteiger partial charge is 0.0555 e. The van der Waals surface area contributed by atoms with Crippen molar-refractivity contribution < 1.29 is 0 Å². The van der Waals surface area contributed by atoms with Crippen LogP contribution >= 0.6 is 22.7 Å². The van der Waals surface area contributed by atoms with E-state index in [0.717, 1.165) is 11.4 Å². The molecule has 3 heteroatoms. The second-order valence-corrected chi connectivity index (χ2v) is 14.6. The largest absolute Gasteiger partial charge is 0.309 e. The zero-order valence-electron chi connectivity index (χ0n) is 26.5. The number of thiophene rings is 2. The molecule has 2 aromatic heterocycles. The van der Waals surface area contributed by atoms with Gasteiger partial charge in [0, 0.05) is 57.0 Å². The molecule has 0 saturated carbocycles. The molecule has 0 aliphatic carbocycles. The fraction of sp³-hybridized carbons (Fsp3) is 0. The second kappa shape index (κ2) is 11.5. The van der Waals surface area contributed by atoms with E-state index in [1.54, 1.807) is 0 Å². The second-order valence-electron chi connectivity index (χ2n) is 12.5. The number of anilines is 3.